The summed E-state index contributed by atoms with van der Waals surface area (Å²) >= 11 is 0. The summed E-state index contributed by atoms with van der Waals surface area (Å²) in [4.78, 5) is 0. The van der Waals surface area contributed by atoms with Crippen LogP contribution in [0.15, 0.2) is 0 Å². The van der Waals surface area contributed by atoms with Crippen LogP contribution in [-0.2, 0) is 0 Å². The standard InChI is InChI=1S/C7H15F2N/c1-5(2)4-10-6(3)7(8)9/h5-7,10H,4H2,1-3H3. The number of rotatable bonds is 4. The van der Waals surface area contributed by atoms with Gasteiger partial charge >= 0.3 is 0 Å². The number of alkyl halides is 2. The molecule has 0 aromatic rings. The predicted molar refractivity (Wildman–Crippen MR) is 38.3 cm³/mol. The summed E-state index contributed by atoms with van der Waals surface area (Å²) in [6.45, 7) is 6.13. The van der Waals surface area contributed by atoms with E-state index in [1.54, 1.807) is 0 Å². The Hall–Kier alpha value is -0.180. The quantitative estimate of drug-likeness (QED) is 0.647. The highest BCUT2D eigenvalue weighted by molar-refractivity contribution is 4.63. The first-order valence-corrected chi connectivity index (χ1v) is 3.55. The van der Waals surface area contributed by atoms with Gasteiger partial charge in [0, 0.05) is 0 Å². The highest BCUT2D eigenvalue weighted by Crippen LogP contribution is 1.99. The van der Waals surface area contributed by atoms with Crippen LogP contribution in [0.5, 0.6) is 0 Å². The van der Waals surface area contributed by atoms with Gasteiger partial charge in [0.1, 0.15) is 0 Å². The molecule has 0 aliphatic heterocycles. The van der Waals surface area contributed by atoms with Crippen LogP contribution < -0.4 is 5.32 Å². The van der Waals surface area contributed by atoms with Crippen molar-refractivity contribution in [3.05, 3.63) is 0 Å². The van der Waals surface area contributed by atoms with Crippen LogP contribution in [0.1, 0.15) is 20.8 Å². The van der Waals surface area contributed by atoms with Crippen LogP contribution in [0.25, 0.3) is 0 Å². The van der Waals surface area contributed by atoms with E-state index in [1.165, 1.54) is 6.92 Å². The maximum atomic E-state index is 11.8. The van der Waals surface area contributed by atoms with Crippen molar-refractivity contribution >= 4 is 0 Å². The van der Waals surface area contributed by atoms with Crippen molar-refractivity contribution in [1.82, 2.24) is 5.32 Å². The minimum absolute atomic E-state index is 0.432. The summed E-state index contributed by atoms with van der Waals surface area (Å²) in [7, 11) is 0. The minimum atomic E-state index is -2.25. The first kappa shape index (κ1) is 9.82. The number of hydrogen-bond acceptors (Lipinski definition) is 1. The highest BCUT2D eigenvalue weighted by atomic mass is 19.3. The third-order valence-electron chi connectivity index (χ3n) is 1.23. The van der Waals surface area contributed by atoms with E-state index in [0.717, 1.165) is 0 Å². The molecule has 3 heteroatoms. The molecular weight excluding hydrogens is 136 g/mol. The van der Waals surface area contributed by atoms with Crippen LogP contribution in [0.3, 0.4) is 0 Å². The second-order valence-corrected chi connectivity index (χ2v) is 2.93. The smallest absolute Gasteiger partial charge is 0.253 e. The molecule has 0 aromatic heterocycles. The van der Waals surface area contributed by atoms with Crippen LogP contribution in [0.2, 0.25) is 0 Å². The molecule has 0 aromatic carbocycles. The lowest BCUT2D eigenvalue weighted by Gasteiger charge is -2.13. The average molecular weight is 151 g/mol. The maximum absolute atomic E-state index is 11.8. The Morgan fingerprint density at radius 1 is 1.20 bits per heavy atom. The predicted octanol–water partition coefficient (Wildman–Crippen LogP) is 1.89. The van der Waals surface area contributed by atoms with Gasteiger partial charge in [-0.3, -0.25) is 0 Å². The fourth-order valence-corrected chi connectivity index (χ4v) is 0.511. The van der Waals surface area contributed by atoms with Crippen LogP contribution in [0, 0.1) is 5.92 Å². The molecule has 0 aliphatic carbocycles. The molecule has 0 radical (unpaired) electrons. The Kier molecular flexibility index (Phi) is 4.52. The van der Waals surface area contributed by atoms with E-state index in [1.807, 2.05) is 13.8 Å². The second kappa shape index (κ2) is 4.61. The SMILES string of the molecule is CC(C)CNC(C)C(F)F. The molecule has 1 nitrogen and oxygen atoms in total. The fraction of sp³-hybridized carbons (Fsp3) is 1.00. The summed E-state index contributed by atoms with van der Waals surface area (Å²) in [5.41, 5.74) is 0. The number of nitrogens with one attached hydrogen (secondary N) is 1. The third-order valence-corrected chi connectivity index (χ3v) is 1.23. The van der Waals surface area contributed by atoms with E-state index in [4.69, 9.17) is 0 Å². The lowest BCUT2D eigenvalue weighted by atomic mass is 10.2. The van der Waals surface area contributed by atoms with Crippen LogP contribution in [-0.4, -0.2) is 19.0 Å². The first-order chi connectivity index (χ1) is 4.54. The number of hydrogen-bond donors (Lipinski definition) is 1. The van der Waals surface area contributed by atoms with E-state index in [2.05, 4.69) is 5.32 Å². The van der Waals surface area contributed by atoms with E-state index in [0.29, 0.717) is 12.5 Å². The van der Waals surface area contributed by atoms with Gasteiger partial charge in [-0.2, -0.15) is 0 Å². The van der Waals surface area contributed by atoms with Crippen LogP contribution in [0.4, 0.5) is 8.78 Å². The molecular formula is C7H15F2N. The first-order valence-electron chi connectivity index (χ1n) is 3.55. The average Bonchev–Trinajstić information content (AvgIpc) is 1.82. The number of halogens is 2. The van der Waals surface area contributed by atoms with Gasteiger partial charge in [-0.15, -0.1) is 0 Å². The molecule has 1 unspecified atom stereocenters. The molecule has 10 heavy (non-hydrogen) atoms. The topological polar surface area (TPSA) is 12.0 Å². The van der Waals surface area contributed by atoms with Crippen LogP contribution >= 0.6 is 0 Å². The second-order valence-electron chi connectivity index (χ2n) is 2.93. The molecule has 0 bridgehead atoms. The van der Waals surface area contributed by atoms with Crippen molar-refractivity contribution in [1.29, 1.82) is 0 Å². The molecule has 0 aliphatic rings. The lowest BCUT2D eigenvalue weighted by molar-refractivity contribution is 0.105. The van der Waals surface area contributed by atoms with Gasteiger partial charge in [-0.1, -0.05) is 13.8 Å². The third kappa shape index (κ3) is 4.68. The van der Waals surface area contributed by atoms with Crippen molar-refractivity contribution < 1.29 is 8.78 Å². The van der Waals surface area contributed by atoms with E-state index < -0.39 is 12.5 Å². The molecule has 0 saturated heterocycles. The van der Waals surface area contributed by atoms with Crippen molar-refractivity contribution in [2.45, 2.75) is 33.2 Å². The van der Waals surface area contributed by atoms with Gasteiger partial charge in [-0.25, -0.2) is 8.78 Å². The summed E-state index contributed by atoms with van der Waals surface area (Å²) in [6.07, 6.45) is -2.25. The minimum Gasteiger partial charge on any atom is -0.309 e. The van der Waals surface area contributed by atoms with Gasteiger partial charge in [0.05, 0.1) is 6.04 Å². The Morgan fingerprint density at radius 3 is 2.00 bits per heavy atom. The van der Waals surface area contributed by atoms with E-state index >= 15 is 0 Å². The Bertz CT molecular complexity index is 83.7. The molecule has 62 valence electrons. The molecule has 0 rings (SSSR count). The largest absolute Gasteiger partial charge is 0.309 e. The van der Waals surface area contributed by atoms with E-state index in [-0.39, 0.29) is 0 Å². The normalized spacial score (nSPS) is 14.7. The maximum Gasteiger partial charge on any atom is 0.253 e. The zero-order chi connectivity index (χ0) is 8.15. The summed E-state index contributed by atoms with van der Waals surface area (Å²) in [5.74, 6) is 0.432. The Balaban J connectivity index is 3.30. The molecule has 1 N–H and O–H groups in total. The zero-order valence-corrected chi connectivity index (χ0v) is 6.70. The Labute approximate surface area is 60.8 Å². The van der Waals surface area contributed by atoms with Gasteiger partial charge in [0.25, 0.3) is 6.43 Å². The summed E-state index contributed by atoms with van der Waals surface area (Å²) in [6, 6.07) is -0.678. The molecule has 1 atom stereocenters. The lowest BCUT2D eigenvalue weighted by Crippen LogP contribution is -2.34. The van der Waals surface area contributed by atoms with Crippen molar-refractivity contribution in [2.24, 2.45) is 5.92 Å². The van der Waals surface area contributed by atoms with Crippen molar-refractivity contribution in [3.63, 3.8) is 0 Å². The Morgan fingerprint density at radius 2 is 1.70 bits per heavy atom. The zero-order valence-electron chi connectivity index (χ0n) is 6.70. The van der Waals surface area contributed by atoms with Gasteiger partial charge < -0.3 is 5.32 Å². The van der Waals surface area contributed by atoms with Crippen molar-refractivity contribution in [3.8, 4) is 0 Å². The molecule has 0 amide bonds. The monoisotopic (exact) mass is 151 g/mol. The van der Waals surface area contributed by atoms with Gasteiger partial charge in [-0.05, 0) is 19.4 Å². The highest BCUT2D eigenvalue weighted by Gasteiger charge is 2.12. The van der Waals surface area contributed by atoms with Crippen molar-refractivity contribution in [2.75, 3.05) is 6.54 Å². The van der Waals surface area contributed by atoms with E-state index in [9.17, 15) is 8.78 Å². The summed E-state index contributed by atoms with van der Waals surface area (Å²) < 4.78 is 23.6. The summed E-state index contributed by atoms with van der Waals surface area (Å²) in [5, 5.41) is 2.73. The molecule has 0 saturated carbocycles. The molecule has 0 heterocycles. The van der Waals surface area contributed by atoms with Gasteiger partial charge in [0.2, 0.25) is 0 Å². The fourth-order valence-electron chi connectivity index (χ4n) is 0.511. The molecule has 0 spiro atoms. The van der Waals surface area contributed by atoms with Gasteiger partial charge in [0.15, 0.2) is 0 Å². The molecule has 0 fully saturated rings.